The van der Waals surface area contributed by atoms with E-state index in [4.69, 9.17) is 15.6 Å². The first-order chi connectivity index (χ1) is 27.5. The highest BCUT2D eigenvalue weighted by atomic mass is 32.2. The molecule has 0 spiro atoms. The van der Waals surface area contributed by atoms with Crippen LogP contribution in [-0.2, 0) is 35.3 Å². The number of nitrogens with zero attached hydrogens (tertiary/aromatic N) is 2. The summed E-state index contributed by atoms with van der Waals surface area (Å²) in [6, 6.07) is 11.8. The average Bonchev–Trinajstić information content (AvgIpc) is 3.57. The van der Waals surface area contributed by atoms with Gasteiger partial charge in [-0.2, -0.15) is 0 Å². The van der Waals surface area contributed by atoms with Crippen molar-refractivity contribution >= 4 is 41.4 Å². The Labute approximate surface area is 340 Å². The molecule has 58 heavy (non-hydrogen) atoms. The van der Waals surface area contributed by atoms with Gasteiger partial charge in [0, 0.05) is 61.4 Å². The maximum absolute atomic E-state index is 15.1. The molecule has 0 aliphatic heterocycles. The zero-order chi connectivity index (χ0) is 43.0. The van der Waals surface area contributed by atoms with Gasteiger partial charge >= 0.3 is 11.9 Å². The molecule has 0 bridgehead atoms. The third kappa shape index (κ3) is 14.5. The molecule has 18 heteroatoms. The van der Waals surface area contributed by atoms with Crippen LogP contribution in [0, 0.1) is 17.0 Å². The zero-order valence-electron chi connectivity index (χ0n) is 33.1. The molecule has 0 aliphatic rings. The number of likely N-dealkylation sites (N-methyl/N-ethyl adjacent to an activating group) is 1. The normalized spacial score (nSPS) is 13.6. The first-order valence-electron chi connectivity index (χ1n) is 18.7. The number of carbonyl (C=O) groups is 5. The molecule has 0 fully saturated rings. The van der Waals surface area contributed by atoms with Crippen LogP contribution in [0.3, 0.4) is 0 Å². The molecule has 4 atom stereocenters. The maximum atomic E-state index is 15.1. The van der Waals surface area contributed by atoms with E-state index in [1.807, 2.05) is 55.7 Å². The van der Waals surface area contributed by atoms with Gasteiger partial charge < -0.3 is 51.2 Å². The van der Waals surface area contributed by atoms with E-state index in [0.717, 1.165) is 35.5 Å². The second-order valence-corrected chi connectivity index (χ2v) is 15.8. The lowest BCUT2D eigenvalue weighted by atomic mass is 9.82. The highest BCUT2D eigenvalue weighted by Crippen LogP contribution is 2.41. The van der Waals surface area contributed by atoms with E-state index in [-0.39, 0.29) is 62.9 Å². The Morgan fingerprint density at radius 3 is 2.24 bits per heavy atom. The third-order valence-electron chi connectivity index (χ3n) is 9.11. The topological polar surface area (TPSA) is 226 Å². The molecule has 8 N–H and O–H groups in total. The van der Waals surface area contributed by atoms with Crippen LogP contribution in [0.2, 0.25) is 0 Å². The number of halogens is 2. The van der Waals surface area contributed by atoms with Gasteiger partial charge in [0.1, 0.15) is 29.5 Å². The minimum atomic E-state index is -1.28. The molecule has 0 saturated heterocycles. The standard InChI is InChI=1S/C40H54F2N6O9S/c1-40(2,3)36(32-18-26(28-19-27(41)10-11-29(28)42)22-47(32)21-25-8-6-5-7-9-25)48(35(51)23-49)15-12-31(44-4)37(52)46-14-17-57-16-13-45-34(50)20-33(39(55)56)58-24-30(43)38(53)54/h5-11,18-19,22,30-31,33,36,44,49H,12-17,20-21,23-24,43H2,1-4H3,(H,45,50)(H,46,52)(H,53,54)(H,55,56). The highest BCUT2D eigenvalue weighted by molar-refractivity contribution is 8.00. The Bertz CT molecular complexity index is 1840. The smallest absolute Gasteiger partial charge is 0.321 e. The minimum absolute atomic E-state index is 0.0459. The van der Waals surface area contributed by atoms with Crippen molar-refractivity contribution in [2.45, 2.75) is 63.5 Å². The predicted octanol–water partition coefficient (Wildman–Crippen LogP) is 2.61. The fourth-order valence-corrected chi connectivity index (χ4v) is 7.25. The van der Waals surface area contributed by atoms with Crippen LogP contribution in [0.1, 0.15) is 50.9 Å². The molecular weight excluding hydrogens is 779 g/mol. The number of aliphatic carboxylic acids is 2. The van der Waals surface area contributed by atoms with Gasteiger partial charge in [-0.3, -0.25) is 24.0 Å². The van der Waals surface area contributed by atoms with Crippen molar-refractivity contribution in [3.8, 4) is 11.1 Å². The fourth-order valence-electron chi connectivity index (χ4n) is 6.26. The first kappa shape index (κ1) is 47.5. The molecule has 1 heterocycles. The second-order valence-electron chi connectivity index (χ2n) is 14.6. The number of aromatic nitrogens is 1. The number of nitrogens with two attached hydrogens (primary N) is 1. The minimum Gasteiger partial charge on any atom is -0.480 e. The van der Waals surface area contributed by atoms with Gasteiger partial charge in [0.25, 0.3) is 0 Å². The van der Waals surface area contributed by atoms with Crippen molar-refractivity contribution in [1.29, 1.82) is 0 Å². The number of thioether (sulfide) groups is 1. The molecule has 2 aromatic carbocycles. The van der Waals surface area contributed by atoms with Gasteiger partial charge in [-0.25, -0.2) is 8.78 Å². The van der Waals surface area contributed by atoms with Crippen LogP contribution in [0.5, 0.6) is 0 Å². The van der Waals surface area contributed by atoms with E-state index in [2.05, 4.69) is 16.0 Å². The SMILES string of the molecule is CNC(CCN(C(=O)CO)C(c1cc(-c2cc(F)ccc2F)cn1Cc1ccccc1)C(C)(C)C)C(=O)NCCOCCNC(=O)CC(SCC(N)C(=O)O)C(=O)O. The molecule has 15 nitrogen and oxygen atoms in total. The number of ether oxygens (including phenoxy) is 1. The molecule has 3 aromatic rings. The number of rotatable bonds is 24. The summed E-state index contributed by atoms with van der Waals surface area (Å²) in [6.07, 6.45) is 1.48. The molecule has 4 unspecified atom stereocenters. The summed E-state index contributed by atoms with van der Waals surface area (Å²) in [7, 11) is 1.60. The van der Waals surface area contributed by atoms with Crippen LogP contribution < -0.4 is 21.7 Å². The molecule has 0 radical (unpaired) electrons. The maximum Gasteiger partial charge on any atom is 0.321 e. The lowest BCUT2D eigenvalue weighted by Crippen LogP contribution is -2.48. The summed E-state index contributed by atoms with van der Waals surface area (Å²) in [5, 5.41) is 35.5. The number of hydrogen-bond donors (Lipinski definition) is 7. The summed E-state index contributed by atoms with van der Waals surface area (Å²) < 4.78 is 36.8. The van der Waals surface area contributed by atoms with Crippen LogP contribution in [0.25, 0.3) is 11.1 Å². The number of aliphatic hydroxyl groups excluding tert-OH is 1. The van der Waals surface area contributed by atoms with E-state index >= 15 is 4.39 Å². The number of amides is 3. The van der Waals surface area contributed by atoms with E-state index in [0.29, 0.717) is 17.8 Å². The van der Waals surface area contributed by atoms with Crippen molar-refractivity contribution in [3.63, 3.8) is 0 Å². The van der Waals surface area contributed by atoms with E-state index in [1.54, 1.807) is 19.3 Å². The average molecular weight is 833 g/mol. The van der Waals surface area contributed by atoms with Crippen LogP contribution in [-0.4, -0.2) is 124 Å². The molecule has 0 saturated carbocycles. The van der Waals surface area contributed by atoms with Gasteiger partial charge in [-0.05, 0) is 48.7 Å². The lowest BCUT2D eigenvalue weighted by molar-refractivity contribution is -0.140. The van der Waals surface area contributed by atoms with Gasteiger partial charge in [0.05, 0.1) is 25.3 Å². The third-order valence-corrected chi connectivity index (χ3v) is 10.4. The van der Waals surface area contributed by atoms with Crippen molar-refractivity contribution < 1.29 is 52.8 Å². The number of carbonyl (C=O) groups excluding carboxylic acids is 3. The summed E-state index contributed by atoms with van der Waals surface area (Å²) in [5.41, 5.74) is 6.79. The summed E-state index contributed by atoms with van der Waals surface area (Å²) in [4.78, 5) is 62.8. The van der Waals surface area contributed by atoms with Crippen LogP contribution in [0.4, 0.5) is 8.78 Å². The van der Waals surface area contributed by atoms with Crippen molar-refractivity contribution in [1.82, 2.24) is 25.4 Å². The molecule has 318 valence electrons. The Morgan fingerprint density at radius 2 is 1.64 bits per heavy atom. The highest BCUT2D eigenvalue weighted by Gasteiger charge is 2.37. The number of carboxylic acids is 2. The number of carboxylic acid groups (broad SMARTS) is 2. The van der Waals surface area contributed by atoms with E-state index < -0.39 is 70.8 Å². The van der Waals surface area contributed by atoms with E-state index in [1.165, 1.54) is 4.90 Å². The second kappa shape index (κ2) is 22.9. The fraction of sp³-hybridized carbons (Fsp3) is 0.475. The van der Waals surface area contributed by atoms with Crippen LogP contribution in [0.15, 0.2) is 60.8 Å². The molecular formula is C40H54F2N6O9S. The van der Waals surface area contributed by atoms with Crippen LogP contribution >= 0.6 is 11.8 Å². The van der Waals surface area contributed by atoms with Crippen molar-refractivity contribution in [2.24, 2.45) is 11.1 Å². The Kier molecular flexibility index (Phi) is 18.8. The van der Waals surface area contributed by atoms with Crippen molar-refractivity contribution in [3.05, 3.63) is 83.7 Å². The molecule has 3 rings (SSSR count). The van der Waals surface area contributed by atoms with Gasteiger partial charge in [0.2, 0.25) is 17.7 Å². The molecule has 0 aliphatic carbocycles. The Hall–Kier alpha value is -4.88. The predicted molar refractivity (Wildman–Crippen MR) is 215 cm³/mol. The quantitative estimate of drug-likeness (QED) is 0.0648. The number of nitrogens with one attached hydrogen (secondary N) is 3. The van der Waals surface area contributed by atoms with Crippen molar-refractivity contribution in [2.75, 3.05) is 52.3 Å². The first-order valence-corrected chi connectivity index (χ1v) is 19.7. The number of hydrogen-bond acceptors (Lipinski definition) is 10. The lowest BCUT2D eigenvalue weighted by Gasteiger charge is -2.41. The Morgan fingerprint density at radius 1 is 0.966 bits per heavy atom. The molecule has 3 amide bonds. The van der Waals surface area contributed by atoms with Gasteiger partial charge in [-0.1, -0.05) is 51.1 Å². The summed E-state index contributed by atoms with van der Waals surface area (Å²) >= 11 is 0.765. The number of benzene rings is 2. The van der Waals surface area contributed by atoms with E-state index in [9.17, 15) is 38.6 Å². The number of aliphatic hydroxyl groups is 1. The molecule has 1 aromatic heterocycles. The summed E-state index contributed by atoms with van der Waals surface area (Å²) in [5.74, 6) is -5.46. The summed E-state index contributed by atoms with van der Waals surface area (Å²) in [6.45, 7) is 5.72. The monoisotopic (exact) mass is 832 g/mol. The van der Waals surface area contributed by atoms with Gasteiger partial charge in [0.15, 0.2) is 0 Å². The van der Waals surface area contributed by atoms with Gasteiger partial charge in [-0.15, -0.1) is 11.8 Å². The zero-order valence-corrected chi connectivity index (χ0v) is 33.9. The Balaban J connectivity index is 1.65. The largest absolute Gasteiger partial charge is 0.480 e.